The van der Waals surface area contributed by atoms with E-state index in [0.717, 1.165) is 16.8 Å². The van der Waals surface area contributed by atoms with Crippen LogP contribution < -0.4 is 15.8 Å². The van der Waals surface area contributed by atoms with Crippen molar-refractivity contribution < 1.29 is 18.7 Å². The molecule has 42 heavy (non-hydrogen) atoms. The highest BCUT2D eigenvalue weighted by Crippen LogP contribution is 2.37. The lowest BCUT2D eigenvalue weighted by Gasteiger charge is -2.24. The number of hydrogen-bond donors (Lipinski definition) is 3. The summed E-state index contributed by atoms with van der Waals surface area (Å²) in [6, 6.07) is 10.5. The van der Waals surface area contributed by atoms with E-state index >= 15 is 0 Å². The molecule has 4 heterocycles. The van der Waals surface area contributed by atoms with Crippen molar-refractivity contribution in [1.29, 1.82) is 0 Å². The maximum absolute atomic E-state index is 12.7. The van der Waals surface area contributed by atoms with Crippen LogP contribution in [0.4, 0.5) is 10.6 Å². The minimum atomic E-state index is -0.661. The standard InChI is InChI=1S/C30H32ClN7O4/c1-16-25-28(38-37-16)33-14-23(35-25)22-13-24(27(32)36-26(22)21-9-10-40-17(21)2)41-15-20(34-29(39)42-30(3,4)5)12-18-7-6-8-19(31)11-18/h6-11,13-14,20H,12,15H2,1-5H3,(H2,32,36)(H,34,39)(H,33,37,38)/t20-/m0/s1. The molecular weight excluding hydrogens is 558 g/mol. The van der Waals surface area contributed by atoms with Crippen molar-refractivity contribution in [2.45, 2.75) is 52.7 Å². The Morgan fingerprint density at radius 2 is 1.98 bits per heavy atom. The number of hydrogen-bond acceptors (Lipinski definition) is 9. The van der Waals surface area contributed by atoms with Gasteiger partial charge in [0.15, 0.2) is 17.2 Å². The second-order valence-corrected chi connectivity index (χ2v) is 11.4. The zero-order valence-corrected chi connectivity index (χ0v) is 24.7. The summed E-state index contributed by atoms with van der Waals surface area (Å²) in [7, 11) is 0. The van der Waals surface area contributed by atoms with Crippen molar-refractivity contribution >= 4 is 34.7 Å². The molecule has 1 amide bonds. The molecule has 0 aliphatic carbocycles. The number of benzene rings is 1. The summed E-state index contributed by atoms with van der Waals surface area (Å²) in [5, 5.41) is 10.6. The van der Waals surface area contributed by atoms with E-state index in [0.29, 0.717) is 51.1 Å². The largest absolute Gasteiger partial charge is 0.488 e. The van der Waals surface area contributed by atoms with Crippen LogP contribution in [-0.2, 0) is 11.2 Å². The number of nitrogens with zero attached hydrogens (tertiary/aromatic N) is 4. The maximum Gasteiger partial charge on any atom is 0.408 e. The molecule has 0 unspecified atom stereocenters. The minimum Gasteiger partial charge on any atom is -0.488 e. The van der Waals surface area contributed by atoms with Crippen molar-refractivity contribution in [2.75, 3.05) is 12.3 Å². The number of ether oxygens (including phenoxy) is 2. The molecule has 218 valence electrons. The van der Waals surface area contributed by atoms with E-state index in [-0.39, 0.29) is 12.4 Å². The summed E-state index contributed by atoms with van der Waals surface area (Å²) >= 11 is 6.21. The smallest absolute Gasteiger partial charge is 0.408 e. The first-order valence-corrected chi connectivity index (χ1v) is 13.7. The van der Waals surface area contributed by atoms with E-state index < -0.39 is 17.7 Å². The number of furan rings is 1. The number of aryl methyl sites for hydroxylation is 2. The Labute approximate surface area is 247 Å². The molecular formula is C30H32ClN7O4. The summed E-state index contributed by atoms with van der Waals surface area (Å²) in [5.41, 5.74) is 11.2. The Morgan fingerprint density at radius 3 is 2.69 bits per heavy atom. The lowest BCUT2D eigenvalue weighted by molar-refractivity contribution is 0.0488. The van der Waals surface area contributed by atoms with Crippen LogP contribution in [0.1, 0.15) is 37.8 Å². The number of aromatic amines is 1. The van der Waals surface area contributed by atoms with Crippen LogP contribution in [0, 0.1) is 13.8 Å². The first-order chi connectivity index (χ1) is 20.0. The van der Waals surface area contributed by atoms with Crippen LogP contribution in [0.5, 0.6) is 5.75 Å². The number of nitrogens with two attached hydrogens (primary N) is 1. The molecule has 1 atom stereocenters. The number of anilines is 1. The SMILES string of the molecule is Cc1occc1-c1nc(N)c(OC[C@H](Cc2cccc(Cl)c2)NC(=O)OC(C)(C)C)cc1-c1cnc2n[nH]c(C)c2n1. The molecule has 1 aromatic carbocycles. The number of H-pyrrole nitrogens is 1. The number of fused-ring (bicyclic) bond motifs is 1. The molecule has 0 saturated heterocycles. The summed E-state index contributed by atoms with van der Waals surface area (Å²) in [6.07, 6.45) is 3.10. The zero-order valence-electron chi connectivity index (χ0n) is 24.0. The normalized spacial score (nSPS) is 12.3. The second kappa shape index (κ2) is 11.7. The van der Waals surface area contributed by atoms with Gasteiger partial charge in [-0.15, -0.1) is 0 Å². The molecule has 0 aliphatic rings. The van der Waals surface area contributed by atoms with Gasteiger partial charge in [0.1, 0.15) is 23.5 Å². The first-order valence-electron chi connectivity index (χ1n) is 13.4. The number of rotatable bonds is 8. The monoisotopic (exact) mass is 589 g/mol. The second-order valence-electron chi connectivity index (χ2n) is 10.9. The van der Waals surface area contributed by atoms with Crippen LogP contribution in [0.2, 0.25) is 5.02 Å². The molecule has 0 saturated carbocycles. The quantitative estimate of drug-likeness (QED) is 0.196. The third-order valence-corrected chi connectivity index (χ3v) is 6.61. The fourth-order valence-corrected chi connectivity index (χ4v) is 4.67. The van der Waals surface area contributed by atoms with Crippen molar-refractivity contribution in [2.24, 2.45) is 0 Å². The average molecular weight is 590 g/mol. The molecule has 4 N–H and O–H groups in total. The number of nitrogen functional groups attached to an aromatic ring is 1. The molecule has 5 rings (SSSR count). The van der Waals surface area contributed by atoms with Crippen LogP contribution in [0.15, 0.2) is 53.3 Å². The van der Waals surface area contributed by atoms with Gasteiger partial charge in [-0.3, -0.25) is 5.10 Å². The number of amides is 1. The fraction of sp³-hybridized carbons (Fsp3) is 0.300. The Balaban J connectivity index is 1.49. The molecule has 5 aromatic rings. The maximum atomic E-state index is 12.7. The van der Waals surface area contributed by atoms with Gasteiger partial charge in [0, 0.05) is 16.1 Å². The average Bonchev–Trinajstić information content (AvgIpc) is 3.51. The minimum absolute atomic E-state index is 0.0761. The number of pyridine rings is 1. The van der Waals surface area contributed by atoms with Crippen LogP contribution in [0.3, 0.4) is 0 Å². The molecule has 11 nitrogen and oxygen atoms in total. The van der Waals surface area contributed by atoms with Crippen LogP contribution in [0.25, 0.3) is 33.7 Å². The van der Waals surface area contributed by atoms with Crippen LogP contribution in [-0.4, -0.2) is 49.5 Å². The van der Waals surface area contributed by atoms with E-state index in [2.05, 4.69) is 20.5 Å². The summed E-state index contributed by atoms with van der Waals surface area (Å²) < 4.78 is 17.2. The topological polar surface area (TPSA) is 154 Å². The Bertz CT molecular complexity index is 1740. The van der Waals surface area contributed by atoms with E-state index in [1.165, 1.54) is 0 Å². The van der Waals surface area contributed by atoms with E-state index in [9.17, 15) is 4.79 Å². The molecule has 4 aromatic heterocycles. The number of halogens is 1. The van der Waals surface area contributed by atoms with Gasteiger partial charge in [-0.05, 0) is 70.9 Å². The highest BCUT2D eigenvalue weighted by molar-refractivity contribution is 6.30. The predicted octanol–water partition coefficient (Wildman–Crippen LogP) is 6.04. The van der Waals surface area contributed by atoms with Gasteiger partial charge < -0.3 is 24.9 Å². The summed E-state index contributed by atoms with van der Waals surface area (Å²) in [4.78, 5) is 26.6. The number of alkyl carbamates (subject to hydrolysis) is 1. The molecule has 0 bridgehead atoms. The van der Waals surface area contributed by atoms with Gasteiger partial charge in [-0.1, -0.05) is 23.7 Å². The Hall–Kier alpha value is -4.64. The van der Waals surface area contributed by atoms with Gasteiger partial charge in [0.2, 0.25) is 0 Å². The highest BCUT2D eigenvalue weighted by Gasteiger charge is 2.23. The molecule has 0 spiro atoms. The van der Waals surface area contributed by atoms with Gasteiger partial charge in [-0.25, -0.2) is 19.7 Å². The number of carbonyl (C=O) groups excluding carboxylic acids is 1. The highest BCUT2D eigenvalue weighted by atomic mass is 35.5. The van der Waals surface area contributed by atoms with E-state index in [1.807, 2.05) is 38.1 Å². The van der Waals surface area contributed by atoms with Gasteiger partial charge >= 0.3 is 6.09 Å². The van der Waals surface area contributed by atoms with Crippen LogP contribution >= 0.6 is 11.6 Å². The van der Waals surface area contributed by atoms with Crippen molar-refractivity contribution in [1.82, 2.24) is 30.5 Å². The van der Waals surface area contributed by atoms with Crippen molar-refractivity contribution in [3.63, 3.8) is 0 Å². The van der Waals surface area contributed by atoms with Gasteiger partial charge in [0.05, 0.1) is 35.6 Å². The summed E-state index contributed by atoms with van der Waals surface area (Å²) in [6.45, 7) is 9.21. The molecule has 0 radical (unpaired) electrons. The Kier molecular flexibility index (Phi) is 8.04. The van der Waals surface area contributed by atoms with Crippen molar-refractivity contribution in [3.05, 3.63) is 70.9 Å². The third kappa shape index (κ3) is 6.63. The van der Waals surface area contributed by atoms with E-state index in [4.69, 9.17) is 41.2 Å². The van der Waals surface area contributed by atoms with Gasteiger partial charge in [-0.2, -0.15) is 5.10 Å². The molecule has 0 aliphatic heterocycles. The third-order valence-electron chi connectivity index (χ3n) is 6.38. The lowest BCUT2D eigenvalue weighted by Crippen LogP contribution is -2.43. The molecule has 0 fully saturated rings. The number of aromatic nitrogens is 5. The predicted molar refractivity (Wildman–Crippen MR) is 160 cm³/mol. The van der Waals surface area contributed by atoms with E-state index in [1.54, 1.807) is 45.4 Å². The van der Waals surface area contributed by atoms with Crippen molar-refractivity contribution in [3.8, 4) is 28.3 Å². The number of nitrogens with one attached hydrogen (secondary N) is 2. The zero-order chi connectivity index (χ0) is 30.0. The fourth-order valence-electron chi connectivity index (χ4n) is 4.46. The summed E-state index contributed by atoms with van der Waals surface area (Å²) in [5.74, 6) is 1.16. The van der Waals surface area contributed by atoms with Gasteiger partial charge in [0.25, 0.3) is 0 Å². The molecule has 12 heteroatoms. The first kappa shape index (κ1) is 28.9. The lowest BCUT2D eigenvalue weighted by atomic mass is 10.0. The number of carbonyl (C=O) groups is 1. The Morgan fingerprint density at radius 1 is 1.17 bits per heavy atom.